The number of halogens is 1. The quantitative estimate of drug-likeness (QED) is 0.0544. The first kappa shape index (κ1) is 31.9. The van der Waals surface area contributed by atoms with Gasteiger partial charge in [0.1, 0.15) is 27.3 Å². The van der Waals surface area contributed by atoms with Crippen LogP contribution in [0.1, 0.15) is 12.6 Å². The van der Waals surface area contributed by atoms with Crippen LogP contribution in [0.2, 0.25) is 4.34 Å². The molecule has 5 heterocycles. The number of nitrogens with one attached hydrogen (secondary N) is 2. The average Bonchev–Trinajstić information content (AvgIpc) is 3.60. The van der Waals surface area contributed by atoms with Crippen LogP contribution in [0.4, 0.5) is 16.6 Å². The maximum absolute atomic E-state index is 13.3. The van der Waals surface area contributed by atoms with Crippen molar-refractivity contribution in [3.8, 4) is 0 Å². The molecular formula is C26H27ClN9O7S2+. The predicted molar refractivity (Wildman–Crippen MR) is 164 cm³/mol. The summed E-state index contributed by atoms with van der Waals surface area (Å²) in [6.45, 7) is 1.88. The second kappa shape index (κ2) is 13.6. The number of allylic oxidation sites excluding steroid dienone is 1. The van der Waals surface area contributed by atoms with Gasteiger partial charge in [0, 0.05) is 29.5 Å². The van der Waals surface area contributed by atoms with Crippen LogP contribution in [-0.4, -0.2) is 89.5 Å². The number of aromatic nitrogens is 4. The van der Waals surface area contributed by atoms with E-state index in [9.17, 15) is 24.3 Å². The molecule has 0 saturated carbocycles. The van der Waals surface area contributed by atoms with Gasteiger partial charge in [-0.1, -0.05) is 28.1 Å². The van der Waals surface area contributed by atoms with E-state index in [-0.39, 0.29) is 27.5 Å². The Morgan fingerprint density at radius 3 is 2.76 bits per heavy atom. The molecule has 0 spiro atoms. The summed E-state index contributed by atoms with van der Waals surface area (Å²) in [5.41, 5.74) is 6.86. The zero-order valence-corrected chi connectivity index (χ0v) is 25.9. The van der Waals surface area contributed by atoms with Gasteiger partial charge in [-0.3, -0.25) is 19.3 Å². The number of rotatable bonds is 13. The van der Waals surface area contributed by atoms with E-state index in [1.54, 1.807) is 16.9 Å². The van der Waals surface area contributed by atoms with Crippen molar-refractivity contribution < 1.29 is 38.8 Å². The molecule has 19 heteroatoms. The first-order chi connectivity index (χ1) is 21.6. The molecule has 0 aromatic carbocycles. The van der Waals surface area contributed by atoms with Crippen LogP contribution < -0.4 is 20.9 Å². The fraction of sp³-hybridized carbons (Fsp3) is 0.308. The number of aliphatic hydroxyl groups is 1. The van der Waals surface area contributed by atoms with Gasteiger partial charge in [-0.15, -0.1) is 11.8 Å². The van der Waals surface area contributed by atoms with Crippen molar-refractivity contribution in [2.45, 2.75) is 37.5 Å². The highest BCUT2D eigenvalue weighted by Crippen LogP contribution is 2.39. The number of nitrogens with two attached hydrogens (primary N) is 1. The lowest BCUT2D eigenvalue weighted by molar-refractivity contribution is -0.688. The highest BCUT2D eigenvalue weighted by Gasteiger charge is 2.53. The maximum Gasteiger partial charge on any atom is 0.347 e. The van der Waals surface area contributed by atoms with Gasteiger partial charge >= 0.3 is 5.97 Å². The number of carboxylic acid groups (broad SMARTS) is 1. The van der Waals surface area contributed by atoms with Crippen molar-refractivity contribution >= 4 is 81.1 Å². The minimum atomic E-state index is -1.39. The van der Waals surface area contributed by atoms with Crippen molar-refractivity contribution in [1.82, 2.24) is 25.0 Å². The van der Waals surface area contributed by atoms with Gasteiger partial charge in [0.15, 0.2) is 36.1 Å². The number of fused-ring (bicyclic) bond motifs is 1. The number of oxime groups is 1. The summed E-state index contributed by atoms with van der Waals surface area (Å²) in [5, 5.41) is 31.4. The molecule has 6 N–H and O–H groups in total. The third-order valence-electron chi connectivity index (χ3n) is 6.75. The van der Waals surface area contributed by atoms with Crippen LogP contribution in [0, 0.1) is 0 Å². The number of carbonyl (C=O) groups is 4. The molecule has 45 heavy (non-hydrogen) atoms. The van der Waals surface area contributed by atoms with E-state index in [1.165, 1.54) is 23.6 Å². The number of pyridine rings is 1. The van der Waals surface area contributed by atoms with Crippen LogP contribution in [0.5, 0.6) is 0 Å². The van der Waals surface area contributed by atoms with Gasteiger partial charge in [-0.2, -0.15) is 5.10 Å². The maximum atomic E-state index is 13.3. The summed E-state index contributed by atoms with van der Waals surface area (Å²) < 4.78 is 3.53. The lowest BCUT2D eigenvalue weighted by atomic mass is 10.0. The van der Waals surface area contributed by atoms with E-state index in [0.29, 0.717) is 25.1 Å². The van der Waals surface area contributed by atoms with Crippen molar-refractivity contribution in [2.75, 3.05) is 23.4 Å². The fourth-order valence-electron chi connectivity index (χ4n) is 4.49. The Hall–Kier alpha value is -4.52. The van der Waals surface area contributed by atoms with Crippen LogP contribution in [-0.2, 0) is 37.1 Å². The number of hydrogen-bond acceptors (Lipinski definition) is 13. The molecule has 16 nitrogen and oxygen atoms in total. The first-order valence-corrected chi connectivity index (χ1v) is 15.6. The SMILES string of the molecule is C[C@H](O/N=C(\C(=O)NC1C(=O)N2C(C=O)=C(C[n+]3ccc(Nc4ccnn4CCO)cc3)CSC12)c1nc(N)sc1Cl)C(=O)O. The number of aldehydes is 1. The van der Waals surface area contributed by atoms with Gasteiger partial charge in [-0.05, 0) is 6.92 Å². The van der Waals surface area contributed by atoms with Crippen LogP contribution in [0.15, 0.2) is 53.2 Å². The number of nitrogen functional groups attached to an aromatic ring is 1. The monoisotopic (exact) mass is 676 g/mol. The van der Waals surface area contributed by atoms with E-state index in [4.69, 9.17) is 27.3 Å². The van der Waals surface area contributed by atoms with Crippen LogP contribution >= 0.6 is 34.7 Å². The molecule has 0 radical (unpaired) electrons. The molecule has 2 aliphatic heterocycles. The number of anilines is 3. The Bertz CT molecular complexity index is 1690. The Morgan fingerprint density at radius 1 is 1.36 bits per heavy atom. The van der Waals surface area contributed by atoms with Gasteiger partial charge in [0.2, 0.25) is 6.10 Å². The molecule has 3 atom stereocenters. The smallest absolute Gasteiger partial charge is 0.347 e. The molecule has 2 amide bonds. The summed E-state index contributed by atoms with van der Waals surface area (Å²) in [5.74, 6) is -1.57. The first-order valence-electron chi connectivity index (χ1n) is 13.3. The van der Waals surface area contributed by atoms with E-state index in [1.807, 2.05) is 29.1 Å². The van der Waals surface area contributed by atoms with Crippen LogP contribution in [0.25, 0.3) is 0 Å². The molecule has 236 valence electrons. The zero-order valence-electron chi connectivity index (χ0n) is 23.5. The number of aliphatic hydroxyl groups excluding tert-OH is 1. The summed E-state index contributed by atoms with van der Waals surface area (Å²) in [6, 6.07) is 4.48. The van der Waals surface area contributed by atoms with E-state index in [0.717, 1.165) is 28.4 Å². The molecule has 0 aliphatic carbocycles. The number of thioether (sulfide) groups is 1. The Balaban J connectivity index is 1.27. The summed E-state index contributed by atoms with van der Waals surface area (Å²) in [6.07, 6.45) is 4.52. The van der Waals surface area contributed by atoms with Crippen molar-refractivity contribution in [1.29, 1.82) is 0 Å². The summed E-state index contributed by atoms with van der Waals surface area (Å²) >= 11 is 8.42. The third-order valence-corrected chi connectivity index (χ3v) is 9.17. The van der Waals surface area contributed by atoms with E-state index in [2.05, 4.69) is 25.9 Å². The Kier molecular flexibility index (Phi) is 9.66. The molecule has 3 aromatic heterocycles. The second-order valence-corrected chi connectivity index (χ2v) is 12.5. The molecule has 5 rings (SSSR count). The molecule has 1 fully saturated rings. The van der Waals surface area contributed by atoms with Crippen molar-refractivity contribution in [3.63, 3.8) is 0 Å². The van der Waals surface area contributed by atoms with Crippen molar-refractivity contribution in [3.05, 3.63) is 58.1 Å². The topological polar surface area (TPSA) is 218 Å². The minimum Gasteiger partial charge on any atom is -0.478 e. The Labute approximate surface area is 268 Å². The second-order valence-electron chi connectivity index (χ2n) is 9.72. The van der Waals surface area contributed by atoms with Crippen molar-refractivity contribution in [2.24, 2.45) is 5.16 Å². The van der Waals surface area contributed by atoms with Gasteiger partial charge in [0.25, 0.3) is 11.8 Å². The largest absolute Gasteiger partial charge is 0.478 e. The fourth-order valence-corrected chi connectivity index (χ4v) is 6.77. The number of hydrogen-bond donors (Lipinski definition) is 5. The van der Waals surface area contributed by atoms with Gasteiger partial charge < -0.3 is 31.4 Å². The molecule has 2 aliphatic rings. The molecule has 0 bridgehead atoms. The summed E-state index contributed by atoms with van der Waals surface area (Å²) in [7, 11) is 0. The van der Waals surface area contributed by atoms with E-state index >= 15 is 0 Å². The number of aliphatic carboxylic acids is 1. The highest BCUT2D eigenvalue weighted by atomic mass is 35.5. The number of amides is 2. The number of carboxylic acids is 1. The van der Waals surface area contributed by atoms with Gasteiger partial charge in [-0.25, -0.2) is 19.0 Å². The molecule has 1 saturated heterocycles. The number of nitrogens with zero attached hydrogens (tertiary/aromatic N) is 6. The predicted octanol–water partition coefficient (Wildman–Crippen LogP) is 0.346. The molecule has 2 unspecified atom stereocenters. The van der Waals surface area contributed by atoms with E-state index < -0.39 is 41.0 Å². The summed E-state index contributed by atoms with van der Waals surface area (Å²) in [4.78, 5) is 60.1. The average molecular weight is 677 g/mol. The molecule has 3 aromatic rings. The highest BCUT2D eigenvalue weighted by molar-refractivity contribution is 8.00. The lowest BCUT2D eigenvalue weighted by Gasteiger charge is -2.49. The number of carbonyl (C=O) groups excluding carboxylic acids is 3. The molecular weight excluding hydrogens is 650 g/mol. The number of thiazole rings is 1. The van der Waals surface area contributed by atoms with Gasteiger partial charge in [0.05, 0.1) is 30.7 Å². The third kappa shape index (κ3) is 6.77. The Morgan fingerprint density at radius 2 is 2.11 bits per heavy atom. The normalized spacial score (nSPS) is 18.6. The van der Waals surface area contributed by atoms with Crippen LogP contribution in [0.3, 0.4) is 0 Å². The standard InChI is InChI=1S/C26H26ClN9O7S2/c1-13(25(41)42)43-33-19(18-21(27)45-26(28)32-18)22(39)31-20-23(40)36-16(11-38)14(12-44-24(20)36)10-34-6-3-15(4-7-34)30-17-2-5-29-35(17)8-9-37/h2-7,11,13,20,24,37H,8-10,12H2,1H3,(H4,28,31,32,39,41,42)/p+1/b33-19-/t13-,20?,24?/m0/s1. The number of β-lactam (4-membered cyclic amide) rings is 1. The lowest BCUT2D eigenvalue weighted by Crippen LogP contribution is -2.70. The minimum absolute atomic E-state index is 0.0204. The zero-order chi connectivity index (χ0) is 32.2.